The van der Waals surface area contributed by atoms with E-state index in [1.54, 1.807) is 23.1 Å². The first-order valence-corrected chi connectivity index (χ1v) is 10.1. The number of nitrogens with zero attached hydrogens (tertiary/aromatic N) is 2. The Labute approximate surface area is 176 Å². The monoisotopic (exact) mass is 405 g/mol. The van der Waals surface area contributed by atoms with E-state index in [1.807, 2.05) is 62.4 Å². The van der Waals surface area contributed by atoms with E-state index in [1.165, 1.54) is 0 Å². The van der Waals surface area contributed by atoms with Crippen LogP contribution in [-0.2, 0) is 13.0 Å². The Morgan fingerprint density at radius 3 is 2.37 bits per heavy atom. The second-order valence-corrected chi connectivity index (χ2v) is 7.61. The zero-order valence-corrected chi connectivity index (χ0v) is 17.4. The topological polar surface area (TPSA) is 75.4 Å². The number of carbonyl (C=O) groups is 2. The molecule has 2 amide bonds. The minimum Gasteiger partial charge on any atom is -0.359 e. The highest BCUT2D eigenvalue weighted by Crippen LogP contribution is 2.13. The van der Waals surface area contributed by atoms with E-state index in [9.17, 15) is 9.59 Å². The summed E-state index contributed by atoms with van der Waals surface area (Å²) in [7, 11) is 0. The summed E-state index contributed by atoms with van der Waals surface area (Å²) in [6, 6.07) is 20.8. The predicted octanol–water partition coefficient (Wildman–Crippen LogP) is 3.95. The summed E-state index contributed by atoms with van der Waals surface area (Å²) >= 11 is 0. The average molecular weight is 405 g/mol. The maximum absolute atomic E-state index is 13.1. The Balaban J connectivity index is 1.72. The summed E-state index contributed by atoms with van der Waals surface area (Å²) in [6.07, 6.45) is 0.718. The standard InChI is InChI=1S/C24H27N3O3/c1-18(2)16-25-23(28)22-15-21(30-26-22)17-27(14-13-19-9-5-3-6-10-19)24(29)20-11-7-4-8-12-20/h3-12,15,18H,13-14,16-17H2,1-2H3,(H,25,28). The summed E-state index contributed by atoms with van der Waals surface area (Å²) in [5.74, 6) is 0.456. The third kappa shape index (κ3) is 6.04. The number of hydrogen-bond donors (Lipinski definition) is 1. The molecule has 0 aliphatic rings. The molecule has 0 aliphatic heterocycles. The van der Waals surface area contributed by atoms with Crippen molar-refractivity contribution in [3.05, 3.63) is 89.3 Å². The largest absolute Gasteiger partial charge is 0.359 e. The van der Waals surface area contributed by atoms with Gasteiger partial charge in [-0.15, -0.1) is 0 Å². The fraction of sp³-hybridized carbons (Fsp3) is 0.292. The molecule has 0 radical (unpaired) electrons. The molecule has 0 fully saturated rings. The number of aromatic nitrogens is 1. The molecule has 30 heavy (non-hydrogen) atoms. The minimum absolute atomic E-state index is 0.0891. The molecule has 1 heterocycles. The van der Waals surface area contributed by atoms with Gasteiger partial charge in [0.15, 0.2) is 11.5 Å². The number of carbonyl (C=O) groups excluding carboxylic acids is 2. The average Bonchev–Trinajstić information content (AvgIpc) is 3.24. The van der Waals surface area contributed by atoms with Gasteiger partial charge in [0.25, 0.3) is 11.8 Å². The van der Waals surface area contributed by atoms with Gasteiger partial charge in [-0.05, 0) is 30.0 Å². The molecule has 6 heteroatoms. The maximum atomic E-state index is 13.1. The van der Waals surface area contributed by atoms with Crippen LogP contribution in [0.2, 0.25) is 0 Å². The lowest BCUT2D eigenvalue weighted by molar-refractivity contribution is 0.0729. The SMILES string of the molecule is CC(C)CNC(=O)c1cc(CN(CCc2ccccc2)C(=O)c2ccccc2)on1. The van der Waals surface area contributed by atoms with Crippen molar-refractivity contribution < 1.29 is 14.1 Å². The predicted molar refractivity (Wildman–Crippen MR) is 115 cm³/mol. The van der Waals surface area contributed by atoms with Gasteiger partial charge < -0.3 is 14.7 Å². The summed E-state index contributed by atoms with van der Waals surface area (Å²) in [5.41, 5.74) is 1.98. The minimum atomic E-state index is -0.274. The van der Waals surface area contributed by atoms with Gasteiger partial charge in [0.2, 0.25) is 0 Å². The Hall–Kier alpha value is -3.41. The summed E-state index contributed by atoms with van der Waals surface area (Å²) in [4.78, 5) is 27.0. The Bertz CT molecular complexity index is 952. The van der Waals surface area contributed by atoms with Crippen molar-refractivity contribution in [2.75, 3.05) is 13.1 Å². The first-order valence-electron chi connectivity index (χ1n) is 10.1. The molecule has 156 valence electrons. The highest BCUT2D eigenvalue weighted by atomic mass is 16.5. The van der Waals surface area contributed by atoms with E-state index in [4.69, 9.17) is 4.52 Å². The third-order valence-electron chi connectivity index (χ3n) is 4.63. The summed E-state index contributed by atoms with van der Waals surface area (Å²) < 4.78 is 5.36. The van der Waals surface area contributed by atoms with Gasteiger partial charge >= 0.3 is 0 Å². The number of nitrogens with one attached hydrogen (secondary N) is 1. The Morgan fingerprint density at radius 1 is 1.03 bits per heavy atom. The van der Waals surface area contributed by atoms with Gasteiger partial charge in [-0.1, -0.05) is 67.5 Å². The fourth-order valence-corrected chi connectivity index (χ4v) is 2.99. The molecule has 6 nitrogen and oxygen atoms in total. The van der Waals surface area contributed by atoms with E-state index < -0.39 is 0 Å². The van der Waals surface area contributed by atoms with Crippen LogP contribution in [-0.4, -0.2) is 35.0 Å². The number of hydrogen-bond acceptors (Lipinski definition) is 4. The highest BCUT2D eigenvalue weighted by molar-refractivity contribution is 5.94. The highest BCUT2D eigenvalue weighted by Gasteiger charge is 2.20. The van der Waals surface area contributed by atoms with Crippen molar-refractivity contribution in [1.82, 2.24) is 15.4 Å². The molecule has 0 saturated heterocycles. The smallest absolute Gasteiger partial charge is 0.273 e. The molecule has 2 aromatic carbocycles. The van der Waals surface area contributed by atoms with Gasteiger partial charge in [0.1, 0.15) is 0 Å². The van der Waals surface area contributed by atoms with Crippen molar-refractivity contribution in [1.29, 1.82) is 0 Å². The second kappa shape index (κ2) is 10.4. The fourth-order valence-electron chi connectivity index (χ4n) is 2.99. The van der Waals surface area contributed by atoms with Crippen LogP contribution in [0, 0.1) is 5.92 Å². The van der Waals surface area contributed by atoms with Crippen LogP contribution in [0.1, 0.15) is 46.0 Å². The molecule has 3 aromatic rings. The molecular formula is C24H27N3O3. The van der Waals surface area contributed by atoms with Crippen molar-refractivity contribution >= 4 is 11.8 Å². The van der Waals surface area contributed by atoms with E-state index in [-0.39, 0.29) is 24.1 Å². The van der Waals surface area contributed by atoms with Gasteiger partial charge in [0.05, 0.1) is 6.54 Å². The molecule has 0 bridgehead atoms. The van der Waals surface area contributed by atoms with Crippen molar-refractivity contribution in [3.8, 4) is 0 Å². The van der Waals surface area contributed by atoms with Crippen LogP contribution in [0.5, 0.6) is 0 Å². The summed E-state index contributed by atoms with van der Waals surface area (Å²) in [5, 5.41) is 6.69. The van der Waals surface area contributed by atoms with Crippen LogP contribution in [0.15, 0.2) is 71.3 Å². The molecule has 0 saturated carbocycles. The number of amides is 2. The number of benzene rings is 2. The number of rotatable bonds is 9. The first-order chi connectivity index (χ1) is 14.5. The molecule has 1 N–H and O–H groups in total. The van der Waals surface area contributed by atoms with Crippen LogP contribution in [0.25, 0.3) is 0 Å². The molecule has 3 rings (SSSR count). The quantitative estimate of drug-likeness (QED) is 0.585. The van der Waals surface area contributed by atoms with Gasteiger partial charge in [-0.2, -0.15) is 0 Å². The van der Waals surface area contributed by atoms with Crippen LogP contribution in [0.3, 0.4) is 0 Å². The molecule has 1 aromatic heterocycles. The van der Waals surface area contributed by atoms with Gasteiger partial charge in [-0.3, -0.25) is 9.59 Å². The van der Waals surface area contributed by atoms with Crippen molar-refractivity contribution in [2.24, 2.45) is 5.92 Å². The maximum Gasteiger partial charge on any atom is 0.273 e. The zero-order chi connectivity index (χ0) is 21.3. The van der Waals surface area contributed by atoms with E-state index in [0.717, 1.165) is 12.0 Å². The van der Waals surface area contributed by atoms with Crippen LogP contribution in [0.4, 0.5) is 0 Å². The lowest BCUT2D eigenvalue weighted by atomic mass is 10.1. The van der Waals surface area contributed by atoms with E-state index in [0.29, 0.717) is 30.3 Å². The van der Waals surface area contributed by atoms with Crippen molar-refractivity contribution in [2.45, 2.75) is 26.8 Å². The summed E-state index contributed by atoms with van der Waals surface area (Å²) in [6.45, 7) is 5.37. The van der Waals surface area contributed by atoms with Gasteiger partial charge in [0, 0.05) is 24.7 Å². The molecule has 0 spiro atoms. The van der Waals surface area contributed by atoms with E-state index >= 15 is 0 Å². The zero-order valence-electron chi connectivity index (χ0n) is 17.4. The second-order valence-electron chi connectivity index (χ2n) is 7.61. The van der Waals surface area contributed by atoms with Crippen LogP contribution < -0.4 is 5.32 Å². The van der Waals surface area contributed by atoms with Gasteiger partial charge in [-0.25, -0.2) is 0 Å². The Kier molecular flexibility index (Phi) is 7.38. The molecular weight excluding hydrogens is 378 g/mol. The van der Waals surface area contributed by atoms with Crippen LogP contribution >= 0.6 is 0 Å². The third-order valence-corrected chi connectivity index (χ3v) is 4.63. The lowest BCUT2D eigenvalue weighted by Crippen LogP contribution is -2.32. The molecule has 0 unspecified atom stereocenters. The van der Waals surface area contributed by atoms with Crippen molar-refractivity contribution in [3.63, 3.8) is 0 Å². The first kappa shape index (κ1) is 21.3. The van der Waals surface area contributed by atoms with E-state index in [2.05, 4.69) is 10.5 Å². The lowest BCUT2D eigenvalue weighted by Gasteiger charge is -2.21. The normalized spacial score (nSPS) is 10.8. The molecule has 0 aliphatic carbocycles. The molecule has 0 atom stereocenters. The Morgan fingerprint density at radius 2 is 1.70 bits per heavy atom.